The fourth-order valence-electron chi connectivity index (χ4n) is 3.21. The number of rotatable bonds is 8. The van der Waals surface area contributed by atoms with E-state index in [1.807, 2.05) is 6.08 Å². The van der Waals surface area contributed by atoms with E-state index in [-0.39, 0.29) is 5.91 Å². The third kappa shape index (κ3) is 4.96. The Morgan fingerprint density at radius 2 is 2.05 bits per heavy atom. The van der Waals surface area contributed by atoms with E-state index in [0.717, 1.165) is 6.42 Å². The van der Waals surface area contributed by atoms with Gasteiger partial charge in [-0.15, -0.1) is 6.58 Å². The van der Waals surface area contributed by atoms with E-state index >= 15 is 0 Å². The van der Waals surface area contributed by atoms with Crippen molar-refractivity contribution in [2.75, 3.05) is 19.8 Å². The number of carbonyl (C=O) groups is 1. The second-order valence-corrected chi connectivity index (χ2v) is 5.72. The van der Waals surface area contributed by atoms with Crippen LogP contribution in [0.4, 0.5) is 0 Å². The van der Waals surface area contributed by atoms with Crippen LogP contribution >= 0.6 is 0 Å². The summed E-state index contributed by atoms with van der Waals surface area (Å²) in [6.45, 7) is 5.54. The maximum Gasteiger partial charge on any atom is 0.220 e. The summed E-state index contributed by atoms with van der Waals surface area (Å²) in [5.41, 5.74) is 0. The molecular weight excluding hydrogens is 240 g/mol. The summed E-state index contributed by atoms with van der Waals surface area (Å²) in [7, 11) is 0. The molecule has 108 valence electrons. The van der Waals surface area contributed by atoms with Crippen LogP contribution in [0.25, 0.3) is 0 Å². The Labute approximate surface area is 116 Å². The molecule has 2 bridgehead atoms. The molecule has 2 heterocycles. The molecule has 2 fully saturated rings. The second kappa shape index (κ2) is 7.65. The first kappa shape index (κ1) is 14.5. The minimum atomic E-state index is 0.179. The lowest BCUT2D eigenvalue weighted by atomic mass is 9.89. The maximum absolute atomic E-state index is 11.8. The van der Waals surface area contributed by atoms with Crippen molar-refractivity contribution in [3.8, 4) is 0 Å². The largest absolute Gasteiger partial charge is 0.379 e. The molecule has 2 atom stereocenters. The molecule has 0 saturated carbocycles. The Morgan fingerprint density at radius 1 is 1.32 bits per heavy atom. The third-order valence-corrected chi connectivity index (χ3v) is 4.08. The minimum Gasteiger partial charge on any atom is -0.379 e. The van der Waals surface area contributed by atoms with E-state index in [1.54, 1.807) is 0 Å². The fraction of sp³-hybridized carbons (Fsp3) is 0.800. The highest BCUT2D eigenvalue weighted by Gasteiger charge is 2.33. The Morgan fingerprint density at radius 3 is 2.74 bits per heavy atom. The number of nitrogens with one attached hydrogen (secondary N) is 2. The summed E-state index contributed by atoms with van der Waals surface area (Å²) in [5, 5.41) is 6.55. The lowest BCUT2D eigenvalue weighted by Crippen LogP contribution is -2.40. The molecule has 1 amide bonds. The molecule has 2 aliphatic rings. The molecule has 0 radical (unpaired) electrons. The highest BCUT2D eigenvalue weighted by atomic mass is 16.5. The number of carbonyl (C=O) groups excluding carboxylic acids is 1. The van der Waals surface area contributed by atoms with Crippen LogP contribution in [0.15, 0.2) is 12.7 Å². The first-order valence-electron chi connectivity index (χ1n) is 7.49. The molecule has 19 heavy (non-hydrogen) atoms. The Bertz CT molecular complexity index is 295. The zero-order valence-corrected chi connectivity index (χ0v) is 11.7. The van der Waals surface area contributed by atoms with Crippen molar-refractivity contribution in [1.29, 1.82) is 0 Å². The van der Waals surface area contributed by atoms with Crippen molar-refractivity contribution in [2.45, 2.75) is 50.6 Å². The highest BCUT2D eigenvalue weighted by molar-refractivity contribution is 5.76. The minimum absolute atomic E-state index is 0.179. The molecule has 0 spiro atoms. The zero-order chi connectivity index (χ0) is 13.5. The molecule has 2 aliphatic heterocycles. The molecule has 0 aromatic heterocycles. The first-order valence-corrected chi connectivity index (χ1v) is 7.49. The van der Waals surface area contributed by atoms with Gasteiger partial charge in [0.05, 0.1) is 13.2 Å². The Balaban J connectivity index is 1.53. The topological polar surface area (TPSA) is 50.4 Å². The van der Waals surface area contributed by atoms with Gasteiger partial charge in [0, 0.05) is 25.0 Å². The molecule has 2 unspecified atom stereocenters. The van der Waals surface area contributed by atoms with Gasteiger partial charge in [-0.1, -0.05) is 6.08 Å². The van der Waals surface area contributed by atoms with E-state index in [1.165, 1.54) is 25.7 Å². The van der Waals surface area contributed by atoms with Crippen LogP contribution in [-0.2, 0) is 9.53 Å². The number of ether oxygens (including phenoxy) is 1. The standard InChI is InChI=1S/C15H26N2O2/c1-2-3-7-19-8-6-16-15(18)11-12-9-13-4-5-14(10-12)17-13/h2,12-14,17H,1,3-11H2,(H,16,18). The van der Waals surface area contributed by atoms with E-state index in [0.29, 0.717) is 44.2 Å². The van der Waals surface area contributed by atoms with Crippen LogP contribution in [0.5, 0.6) is 0 Å². The van der Waals surface area contributed by atoms with Gasteiger partial charge in [-0.3, -0.25) is 4.79 Å². The lowest BCUT2D eigenvalue weighted by molar-refractivity contribution is -0.122. The van der Waals surface area contributed by atoms with Gasteiger partial charge in [0.15, 0.2) is 0 Å². The van der Waals surface area contributed by atoms with Crippen molar-refractivity contribution < 1.29 is 9.53 Å². The quantitative estimate of drug-likeness (QED) is 0.518. The highest BCUT2D eigenvalue weighted by Crippen LogP contribution is 2.32. The lowest BCUT2D eigenvalue weighted by Gasteiger charge is -2.28. The van der Waals surface area contributed by atoms with Crippen molar-refractivity contribution in [3.63, 3.8) is 0 Å². The summed E-state index contributed by atoms with van der Waals surface area (Å²) in [6, 6.07) is 1.33. The third-order valence-electron chi connectivity index (χ3n) is 4.08. The van der Waals surface area contributed by atoms with Gasteiger partial charge in [-0.2, -0.15) is 0 Å². The van der Waals surface area contributed by atoms with Gasteiger partial charge in [0.25, 0.3) is 0 Å². The molecule has 2 saturated heterocycles. The summed E-state index contributed by atoms with van der Waals surface area (Å²) in [6.07, 6.45) is 8.30. The predicted octanol–water partition coefficient (Wildman–Crippen LogP) is 1.62. The predicted molar refractivity (Wildman–Crippen MR) is 75.9 cm³/mol. The zero-order valence-electron chi connectivity index (χ0n) is 11.7. The SMILES string of the molecule is C=CCCOCCNC(=O)CC1CC2CCC(C1)N2. The van der Waals surface area contributed by atoms with Crippen LogP contribution in [0.1, 0.15) is 38.5 Å². The molecular formula is C15H26N2O2. The average molecular weight is 266 g/mol. The van der Waals surface area contributed by atoms with Crippen molar-refractivity contribution in [3.05, 3.63) is 12.7 Å². The summed E-state index contributed by atoms with van der Waals surface area (Å²) < 4.78 is 5.36. The van der Waals surface area contributed by atoms with Crippen LogP contribution in [0, 0.1) is 5.92 Å². The van der Waals surface area contributed by atoms with Gasteiger partial charge < -0.3 is 15.4 Å². The molecule has 2 N–H and O–H groups in total. The normalized spacial score (nSPS) is 29.2. The number of amides is 1. The number of hydrogen-bond donors (Lipinski definition) is 2. The fourth-order valence-corrected chi connectivity index (χ4v) is 3.21. The van der Waals surface area contributed by atoms with E-state index in [2.05, 4.69) is 17.2 Å². The average Bonchev–Trinajstić information content (AvgIpc) is 2.73. The smallest absolute Gasteiger partial charge is 0.220 e. The Hall–Kier alpha value is -0.870. The molecule has 0 aromatic rings. The number of fused-ring (bicyclic) bond motifs is 2. The van der Waals surface area contributed by atoms with Crippen LogP contribution in [0.3, 0.4) is 0 Å². The number of piperidine rings is 1. The van der Waals surface area contributed by atoms with Crippen LogP contribution in [0.2, 0.25) is 0 Å². The van der Waals surface area contributed by atoms with Crippen molar-refractivity contribution >= 4 is 5.91 Å². The van der Waals surface area contributed by atoms with Gasteiger partial charge >= 0.3 is 0 Å². The van der Waals surface area contributed by atoms with Gasteiger partial charge in [0.2, 0.25) is 5.91 Å². The molecule has 0 aliphatic carbocycles. The monoisotopic (exact) mass is 266 g/mol. The van der Waals surface area contributed by atoms with Crippen molar-refractivity contribution in [1.82, 2.24) is 10.6 Å². The summed E-state index contributed by atoms with van der Waals surface area (Å²) in [4.78, 5) is 11.8. The van der Waals surface area contributed by atoms with E-state index < -0.39 is 0 Å². The molecule has 4 heteroatoms. The second-order valence-electron chi connectivity index (χ2n) is 5.72. The Kier molecular flexibility index (Phi) is 5.86. The van der Waals surface area contributed by atoms with Gasteiger partial charge in [-0.05, 0) is 38.0 Å². The molecule has 2 rings (SSSR count). The molecule has 4 nitrogen and oxygen atoms in total. The summed E-state index contributed by atoms with van der Waals surface area (Å²) in [5.74, 6) is 0.749. The van der Waals surface area contributed by atoms with Gasteiger partial charge in [0.1, 0.15) is 0 Å². The van der Waals surface area contributed by atoms with E-state index in [9.17, 15) is 4.79 Å². The maximum atomic E-state index is 11.8. The van der Waals surface area contributed by atoms with Crippen LogP contribution in [-0.4, -0.2) is 37.7 Å². The van der Waals surface area contributed by atoms with Gasteiger partial charge in [-0.25, -0.2) is 0 Å². The first-order chi connectivity index (χ1) is 9.28. The van der Waals surface area contributed by atoms with Crippen molar-refractivity contribution in [2.24, 2.45) is 5.92 Å². The summed E-state index contributed by atoms with van der Waals surface area (Å²) >= 11 is 0. The van der Waals surface area contributed by atoms with Crippen LogP contribution < -0.4 is 10.6 Å². The molecule has 0 aromatic carbocycles. The number of hydrogen-bond acceptors (Lipinski definition) is 3. The van der Waals surface area contributed by atoms with E-state index in [4.69, 9.17) is 4.74 Å².